The van der Waals surface area contributed by atoms with Crippen LogP contribution in [0.25, 0.3) is 10.9 Å². The molecule has 0 bridgehead atoms. The minimum atomic E-state index is -0.131. The van der Waals surface area contributed by atoms with E-state index in [2.05, 4.69) is 10.2 Å². The summed E-state index contributed by atoms with van der Waals surface area (Å²) in [7, 11) is 1.62. The third-order valence-electron chi connectivity index (χ3n) is 6.72. The van der Waals surface area contributed by atoms with Gasteiger partial charge < -0.3 is 19.7 Å². The fraction of sp³-hybridized carbons (Fsp3) is 0.300. The van der Waals surface area contributed by atoms with Crippen LogP contribution in [0.2, 0.25) is 0 Å². The quantitative estimate of drug-likeness (QED) is 0.252. The summed E-state index contributed by atoms with van der Waals surface area (Å²) in [5, 5.41) is 4.03. The van der Waals surface area contributed by atoms with E-state index in [-0.39, 0.29) is 17.2 Å². The van der Waals surface area contributed by atoms with E-state index >= 15 is 0 Å². The van der Waals surface area contributed by atoms with Crippen molar-refractivity contribution >= 4 is 34.3 Å². The molecule has 0 unspecified atom stereocenters. The smallest absolute Gasteiger partial charge is 0.262 e. The van der Waals surface area contributed by atoms with E-state index < -0.39 is 0 Å². The summed E-state index contributed by atoms with van der Waals surface area (Å²) >= 11 is 1.27. The molecule has 0 aliphatic carbocycles. The maximum Gasteiger partial charge on any atom is 0.262 e. The second-order valence-electron chi connectivity index (χ2n) is 9.49. The first kappa shape index (κ1) is 26.8. The lowest BCUT2D eigenvalue weighted by Gasteiger charge is -2.29. The van der Waals surface area contributed by atoms with Gasteiger partial charge in [-0.15, -0.1) is 0 Å². The van der Waals surface area contributed by atoms with Crippen LogP contribution in [0.15, 0.2) is 76.7 Å². The number of hydrogen-bond donors (Lipinski definition) is 1. The number of ether oxygens (including phenoxy) is 2. The van der Waals surface area contributed by atoms with Gasteiger partial charge in [0.1, 0.15) is 5.75 Å². The molecule has 0 spiro atoms. The maximum absolute atomic E-state index is 13.8. The Labute approximate surface area is 232 Å². The third kappa shape index (κ3) is 6.61. The molecule has 0 saturated carbocycles. The monoisotopic (exact) mass is 544 g/mol. The minimum absolute atomic E-state index is 0.117. The van der Waals surface area contributed by atoms with Gasteiger partial charge >= 0.3 is 0 Å². The van der Waals surface area contributed by atoms with Crippen LogP contribution in [0.4, 0.5) is 5.69 Å². The molecule has 1 fully saturated rings. The topological polar surface area (TPSA) is 85.7 Å². The molecule has 202 valence electrons. The number of amides is 1. The summed E-state index contributed by atoms with van der Waals surface area (Å²) < 4.78 is 12.4. The molecule has 3 aromatic carbocycles. The van der Waals surface area contributed by atoms with Gasteiger partial charge in [-0.05, 0) is 48.4 Å². The van der Waals surface area contributed by atoms with Crippen molar-refractivity contribution in [2.75, 3.05) is 44.1 Å². The van der Waals surface area contributed by atoms with Crippen LogP contribution in [0.5, 0.6) is 5.75 Å². The van der Waals surface area contributed by atoms with Crippen molar-refractivity contribution in [2.45, 2.75) is 25.2 Å². The summed E-state index contributed by atoms with van der Waals surface area (Å²) in [5.41, 5.74) is 4.62. The Kier molecular flexibility index (Phi) is 8.48. The first-order valence-corrected chi connectivity index (χ1v) is 13.9. The summed E-state index contributed by atoms with van der Waals surface area (Å²) in [4.78, 5) is 33.6. The van der Waals surface area contributed by atoms with Gasteiger partial charge in [-0.3, -0.25) is 14.2 Å². The predicted molar refractivity (Wildman–Crippen MR) is 155 cm³/mol. The average Bonchev–Trinajstić information content (AvgIpc) is 2.98. The molecule has 8 nitrogen and oxygen atoms in total. The first-order valence-electron chi connectivity index (χ1n) is 13.0. The molecule has 1 saturated heterocycles. The normalized spacial score (nSPS) is 13.4. The molecule has 1 N–H and O–H groups in total. The van der Waals surface area contributed by atoms with Crippen LogP contribution in [0.3, 0.4) is 0 Å². The van der Waals surface area contributed by atoms with E-state index in [1.54, 1.807) is 11.7 Å². The van der Waals surface area contributed by atoms with Crippen molar-refractivity contribution in [1.82, 2.24) is 14.9 Å². The maximum atomic E-state index is 13.8. The van der Waals surface area contributed by atoms with Crippen molar-refractivity contribution in [3.05, 3.63) is 93.8 Å². The van der Waals surface area contributed by atoms with Crippen molar-refractivity contribution in [3.8, 4) is 5.75 Å². The van der Waals surface area contributed by atoms with Gasteiger partial charge in [-0.1, -0.05) is 53.7 Å². The van der Waals surface area contributed by atoms with E-state index in [0.717, 1.165) is 35.7 Å². The van der Waals surface area contributed by atoms with Gasteiger partial charge in [0.25, 0.3) is 5.56 Å². The number of methoxy groups -OCH3 is 1. The van der Waals surface area contributed by atoms with E-state index in [0.29, 0.717) is 42.4 Å². The molecule has 9 heteroatoms. The summed E-state index contributed by atoms with van der Waals surface area (Å²) in [6.45, 7) is 5.72. The van der Waals surface area contributed by atoms with Gasteiger partial charge in [0.15, 0.2) is 5.16 Å². The Bertz CT molecular complexity index is 1500. The number of aromatic nitrogens is 2. The molecule has 1 aliphatic rings. The summed E-state index contributed by atoms with van der Waals surface area (Å²) in [6, 6.07) is 21.5. The molecule has 5 rings (SSSR count). The van der Waals surface area contributed by atoms with Crippen LogP contribution in [-0.4, -0.2) is 54.6 Å². The van der Waals surface area contributed by atoms with E-state index in [1.165, 1.54) is 17.3 Å². The second-order valence-corrected chi connectivity index (χ2v) is 10.4. The van der Waals surface area contributed by atoms with Gasteiger partial charge in [0, 0.05) is 25.3 Å². The Morgan fingerprint density at radius 3 is 2.46 bits per heavy atom. The number of carbonyl (C=O) groups excluding carboxylic acids is 1. The summed E-state index contributed by atoms with van der Waals surface area (Å²) in [5.74, 6) is 0.782. The zero-order valence-electron chi connectivity index (χ0n) is 22.2. The largest absolute Gasteiger partial charge is 0.497 e. The fourth-order valence-electron chi connectivity index (χ4n) is 4.46. The van der Waals surface area contributed by atoms with E-state index in [9.17, 15) is 9.59 Å². The molecular weight excluding hydrogens is 512 g/mol. The lowest BCUT2D eigenvalue weighted by molar-refractivity contribution is -0.118. The van der Waals surface area contributed by atoms with Crippen molar-refractivity contribution in [3.63, 3.8) is 0 Å². The number of carbonyl (C=O) groups is 1. The Hall–Kier alpha value is -3.82. The van der Waals surface area contributed by atoms with E-state index in [1.807, 2.05) is 73.7 Å². The number of thioether (sulfide) groups is 1. The molecule has 1 aliphatic heterocycles. The minimum Gasteiger partial charge on any atom is -0.497 e. The van der Waals surface area contributed by atoms with Gasteiger partial charge in [-0.25, -0.2) is 4.98 Å². The lowest BCUT2D eigenvalue weighted by atomic mass is 10.1. The molecule has 39 heavy (non-hydrogen) atoms. The van der Waals surface area contributed by atoms with Gasteiger partial charge in [0.2, 0.25) is 5.91 Å². The number of hydrogen-bond acceptors (Lipinski definition) is 7. The molecule has 4 aromatic rings. The number of benzene rings is 3. The number of rotatable bonds is 9. The Morgan fingerprint density at radius 1 is 1.03 bits per heavy atom. The summed E-state index contributed by atoms with van der Waals surface area (Å²) in [6.07, 6.45) is 0. The van der Waals surface area contributed by atoms with Gasteiger partial charge in [-0.2, -0.15) is 0 Å². The first-order chi connectivity index (χ1) is 19.0. The number of nitrogens with zero attached hydrogens (tertiary/aromatic N) is 3. The molecule has 1 aromatic heterocycles. The second kappa shape index (κ2) is 12.4. The van der Waals surface area contributed by atoms with Crippen LogP contribution in [0.1, 0.15) is 16.7 Å². The zero-order valence-corrected chi connectivity index (χ0v) is 23.0. The van der Waals surface area contributed by atoms with Crippen molar-refractivity contribution in [1.29, 1.82) is 0 Å². The van der Waals surface area contributed by atoms with Crippen molar-refractivity contribution < 1.29 is 14.3 Å². The molecule has 0 radical (unpaired) electrons. The highest BCUT2D eigenvalue weighted by atomic mass is 32.2. The van der Waals surface area contributed by atoms with Gasteiger partial charge in [0.05, 0.1) is 43.5 Å². The molecular formula is C30H32N4O4S. The Morgan fingerprint density at radius 2 is 1.74 bits per heavy atom. The standard InChI is InChI=1S/C30H32N4O4S/c1-21-3-5-22(6-4-21)18-31-28(35)20-39-30-32-27-12-9-24(33-13-15-38-16-14-33)17-26(27)29(36)34(30)19-23-7-10-25(37-2)11-8-23/h3-12,17H,13-16,18-20H2,1-2H3,(H,31,35). The fourth-order valence-corrected chi connectivity index (χ4v) is 5.29. The SMILES string of the molecule is COc1ccc(Cn2c(SCC(=O)NCc3ccc(C)cc3)nc3ccc(N4CCOCC4)cc3c2=O)cc1. The van der Waals surface area contributed by atoms with E-state index in [4.69, 9.17) is 14.5 Å². The Balaban J connectivity index is 1.40. The number of aryl methyl sites for hydroxylation is 1. The predicted octanol–water partition coefficient (Wildman–Crippen LogP) is 4.01. The molecule has 2 heterocycles. The third-order valence-corrected chi connectivity index (χ3v) is 7.70. The number of morpholine rings is 1. The molecule has 1 amide bonds. The lowest BCUT2D eigenvalue weighted by Crippen LogP contribution is -2.36. The van der Waals surface area contributed by atoms with Crippen molar-refractivity contribution in [2.24, 2.45) is 0 Å². The highest BCUT2D eigenvalue weighted by Crippen LogP contribution is 2.24. The highest BCUT2D eigenvalue weighted by Gasteiger charge is 2.17. The number of nitrogens with one attached hydrogen (secondary N) is 1. The number of fused-ring (bicyclic) bond motifs is 1. The van der Waals surface area contributed by atoms with Crippen LogP contribution < -0.4 is 20.5 Å². The molecule has 0 atom stereocenters. The average molecular weight is 545 g/mol. The van der Waals surface area contributed by atoms with Crippen LogP contribution >= 0.6 is 11.8 Å². The zero-order chi connectivity index (χ0) is 27.2. The number of anilines is 1. The highest BCUT2D eigenvalue weighted by molar-refractivity contribution is 7.99. The van der Waals surface area contributed by atoms with Crippen LogP contribution in [0, 0.1) is 6.92 Å². The van der Waals surface area contributed by atoms with Crippen LogP contribution in [-0.2, 0) is 22.6 Å².